The van der Waals surface area contributed by atoms with Crippen molar-refractivity contribution in [2.45, 2.75) is 19.4 Å². The number of hydrogen-bond donors (Lipinski definition) is 2. The highest BCUT2D eigenvalue weighted by Crippen LogP contribution is 2.15. The zero-order valence-electron chi connectivity index (χ0n) is 10.1. The van der Waals surface area contributed by atoms with Crippen molar-refractivity contribution in [3.05, 3.63) is 12.4 Å². The van der Waals surface area contributed by atoms with E-state index in [2.05, 4.69) is 25.7 Å². The normalized spacial score (nSPS) is 13.8. The van der Waals surface area contributed by atoms with Gasteiger partial charge in [-0.1, -0.05) is 5.16 Å². The number of nitrogens with zero attached hydrogens (tertiary/aromatic N) is 7. The highest BCUT2D eigenvalue weighted by molar-refractivity contribution is 5.80. The Balaban J connectivity index is 2.27. The van der Waals surface area contributed by atoms with Crippen molar-refractivity contribution in [2.24, 2.45) is 10.9 Å². The molecule has 0 saturated heterocycles. The molecule has 1 unspecified atom stereocenters. The van der Waals surface area contributed by atoms with E-state index in [0.29, 0.717) is 12.1 Å². The smallest absolute Gasteiger partial charge is 0.199 e. The van der Waals surface area contributed by atoms with Crippen molar-refractivity contribution in [1.82, 2.24) is 25.0 Å². The second-order valence-electron chi connectivity index (χ2n) is 3.97. The molecule has 0 saturated carbocycles. The number of hydrogen-bond acceptors (Lipinski definition) is 7. The van der Waals surface area contributed by atoms with E-state index >= 15 is 0 Å². The van der Waals surface area contributed by atoms with Crippen molar-refractivity contribution in [3.8, 4) is 0 Å². The van der Waals surface area contributed by atoms with Crippen molar-refractivity contribution in [2.75, 3.05) is 11.9 Å². The standard InChI is InChI=1S/C9H14N8O/c1-6(3-7(10)13-18)16(2)9-5-11-4-8-12-14-15-17(8)9/h4-6,18H,3H2,1-2H3,(H2,10,13). The number of amidine groups is 1. The first kappa shape index (κ1) is 12.0. The van der Waals surface area contributed by atoms with E-state index in [4.69, 9.17) is 10.9 Å². The monoisotopic (exact) mass is 250 g/mol. The number of anilines is 1. The Kier molecular flexibility index (Phi) is 3.22. The molecule has 0 aliphatic rings. The van der Waals surface area contributed by atoms with Crippen LogP contribution in [-0.4, -0.2) is 49.2 Å². The van der Waals surface area contributed by atoms with Crippen molar-refractivity contribution >= 4 is 17.3 Å². The molecule has 0 aliphatic heterocycles. The fourth-order valence-corrected chi connectivity index (χ4v) is 1.61. The molecular weight excluding hydrogens is 236 g/mol. The van der Waals surface area contributed by atoms with Gasteiger partial charge in [0.15, 0.2) is 11.5 Å². The Bertz CT molecular complexity index is 564. The van der Waals surface area contributed by atoms with Gasteiger partial charge in [0.2, 0.25) is 0 Å². The number of rotatable bonds is 4. The van der Waals surface area contributed by atoms with Crippen molar-refractivity contribution < 1.29 is 5.21 Å². The van der Waals surface area contributed by atoms with Gasteiger partial charge in [0.25, 0.3) is 0 Å². The van der Waals surface area contributed by atoms with Crippen LogP contribution in [0.2, 0.25) is 0 Å². The Hall–Kier alpha value is -2.45. The summed E-state index contributed by atoms with van der Waals surface area (Å²) in [4.78, 5) is 5.98. The third-order valence-corrected chi connectivity index (χ3v) is 2.75. The van der Waals surface area contributed by atoms with Crippen LogP contribution in [0, 0.1) is 0 Å². The minimum atomic E-state index is 0.0116. The molecule has 18 heavy (non-hydrogen) atoms. The second-order valence-corrected chi connectivity index (χ2v) is 3.97. The first-order valence-corrected chi connectivity index (χ1v) is 5.35. The molecule has 9 nitrogen and oxygen atoms in total. The Morgan fingerprint density at radius 3 is 3.11 bits per heavy atom. The number of oxime groups is 1. The molecule has 0 aliphatic carbocycles. The van der Waals surface area contributed by atoms with Crippen molar-refractivity contribution in [3.63, 3.8) is 0 Å². The average molecular weight is 250 g/mol. The molecule has 2 heterocycles. The zero-order valence-corrected chi connectivity index (χ0v) is 10.1. The average Bonchev–Trinajstić information content (AvgIpc) is 2.85. The van der Waals surface area contributed by atoms with Gasteiger partial charge < -0.3 is 15.8 Å². The van der Waals surface area contributed by atoms with Gasteiger partial charge in [-0.15, -0.1) is 5.10 Å². The number of aromatic nitrogens is 5. The Labute approximate surface area is 103 Å². The zero-order chi connectivity index (χ0) is 13.1. The van der Waals surface area contributed by atoms with Crippen LogP contribution in [0.15, 0.2) is 17.5 Å². The summed E-state index contributed by atoms with van der Waals surface area (Å²) in [5.74, 6) is 0.905. The second kappa shape index (κ2) is 4.82. The lowest BCUT2D eigenvalue weighted by Gasteiger charge is -2.25. The van der Waals surface area contributed by atoms with E-state index in [1.165, 1.54) is 0 Å². The van der Waals surface area contributed by atoms with Gasteiger partial charge in [0, 0.05) is 19.5 Å². The summed E-state index contributed by atoms with van der Waals surface area (Å²) < 4.78 is 1.58. The summed E-state index contributed by atoms with van der Waals surface area (Å²) >= 11 is 0. The maximum absolute atomic E-state index is 8.57. The molecule has 0 spiro atoms. The highest BCUT2D eigenvalue weighted by Gasteiger charge is 2.16. The molecule has 0 radical (unpaired) electrons. The van der Waals surface area contributed by atoms with Crippen LogP contribution in [0.3, 0.4) is 0 Å². The number of fused-ring (bicyclic) bond motifs is 1. The predicted molar refractivity (Wildman–Crippen MR) is 64.5 cm³/mol. The van der Waals surface area contributed by atoms with Gasteiger partial charge >= 0.3 is 0 Å². The van der Waals surface area contributed by atoms with Gasteiger partial charge in [-0.3, -0.25) is 4.98 Å². The minimum Gasteiger partial charge on any atom is -0.409 e. The van der Waals surface area contributed by atoms with Crippen LogP contribution in [0.1, 0.15) is 13.3 Å². The third-order valence-electron chi connectivity index (χ3n) is 2.75. The lowest BCUT2D eigenvalue weighted by molar-refractivity contribution is 0.316. The summed E-state index contributed by atoms with van der Waals surface area (Å²) in [6.45, 7) is 1.95. The van der Waals surface area contributed by atoms with E-state index in [1.54, 1.807) is 16.9 Å². The molecule has 96 valence electrons. The molecule has 0 aromatic carbocycles. The van der Waals surface area contributed by atoms with E-state index in [9.17, 15) is 0 Å². The minimum absolute atomic E-state index is 0.0116. The van der Waals surface area contributed by atoms with Gasteiger partial charge in [-0.25, -0.2) is 0 Å². The van der Waals surface area contributed by atoms with E-state index in [1.807, 2.05) is 18.9 Å². The fraction of sp³-hybridized carbons (Fsp3) is 0.444. The molecule has 0 amide bonds. The number of nitrogens with two attached hydrogens (primary N) is 1. The molecule has 2 rings (SSSR count). The summed E-state index contributed by atoms with van der Waals surface area (Å²) in [5, 5.41) is 22.8. The van der Waals surface area contributed by atoms with Gasteiger partial charge in [0.05, 0.1) is 12.4 Å². The van der Waals surface area contributed by atoms with Gasteiger partial charge in [-0.05, 0) is 17.4 Å². The first-order chi connectivity index (χ1) is 8.63. The van der Waals surface area contributed by atoms with Crippen LogP contribution in [-0.2, 0) is 0 Å². The molecule has 0 fully saturated rings. The largest absolute Gasteiger partial charge is 0.409 e. The maximum atomic E-state index is 8.57. The van der Waals surface area contributed by atoms with Gasteiger partial charge in [-0.2, -0.15) is 4.52 Å². The summed E-state index contributed by atoms with van der Waals surface area (Å²) in [5.41, 5.74) is 6.06. The van der Waals surface area contributed by atoms with E-state index in [-0.39, 0.29) is 11.9 Å². The quantitative estimate of drug-likeness (QED) is 0.324. The molecule has 2 aromatic heterocycles. The lowest BCUT2D eigenvalue weighted by atomic mass is 10.2. The fourth-order valence-electron chi connectivity index (χ4n) is 1.61. The van der Waals surface area contributed by atoms with Crippen LogP contribution < -0.4 is 10.6 Å². The Morgan fingerprint density at radius 2 is 2.39 bits per heavy atom. The maximum Gasteiger partial charge on any atom is 0.199 e. The molecule has 3 N–H and O–H groups in total. The van der Waals surface area contributed by atoms with Crippen molar-refractivity contribution in [1.29, 1.82) is 0 Å². The molecule has 9 heteroatoms. The van der Waals surface area contributed by atoms with Crippen LogP contribution >= 0.6 is 0 Å². The molecule has 1 atom stereocenters. The van der Waals surface area contributed by atoms with Crippen LogP contribution in [0.25, 0.3) is 5.65 Å². The number of tetrazole rings is 1. The Morgan fingerprint density at radius 1 is 1.61 bits per heavy atom. The summed E-state index contributed by atoms with van der Waals surface area (Å²) in [6.07, 6.45) is 3.66. The SMILES string of the molecule is CC(CC(N)=NO)N(C)c1cncc2nnnn12. The first-order valence-electron chi connectivity index (χ1n) is 5.35. The molecular formula is C9H14N8O. The van der Waals surface area contributed by atoms with Crippen LogP contribution in [0.4, 0.5) is 5.82 Å². The summed E-state index contributed by atoms with van der Waals surface area (Å²) in [6, 6.07) is 0.0116. The summed E-state index contributed by atoms with van der Waals surface area (Å²) in [7, 11) is 1.87. The van der Waals surface area contributed by atoms with E-state index < -0.39 is 0 Å². The predicted octanol–water partition coefficient (Wildman–Crippen LogP) is -0.520. The third kappa shape index (κ3) is 2.14. The molecule has 2 aromatic rings. The topological polar surface area (TPSA) is 118 Å². The van der Waals surface area contributed by atoms with E-state index in [0.717, 1.165) is 5.82 Å². The highest BCUT2D eigenvalue weighted by atomic mass is 16.4. The molecule has 0 bridgehead atoms. The van der Waals surface area contributed by atoms with Gasteiger partial charge in [0.1, 0.15) is 5.84 Å². The lowest BCUT2D eigenvalue weighted by Crippen LogP contribution is -2.34. The van der Waals surface area contributed by atoms with Crippen LogP contribution in [0.5, 0.6) is 0 Å².